The zero-order chi connectivity index (χ0) is 15.7. The summed E-state index contributed by atoms with van der Waals surface area (Å²) in [5.41, 5.74) is 0.661. The van der Waals surface area contributed by atoms with Crippen molar-refractivity contribution in [3.63, 3.8) is 0 Å². The van der Waals surface area contributed by atoms with Crippen LogP contribution in [0.25, 0.3) is 21.5 Å². The molecule has 0 aliphatic rings. The van der Waals surface area contributed by atoms with Crippen molar-refractivity contribution in [3.8, 4) is 0 Å². The Morgan fingerprint density at radius 3 is 2.26 bits per heavy atom. The molecule has 23 heavy (non-hydrogen) atoms. The van der Waals surface area contributed by atoms with E-state index in [9.17, 15) is 8.42 Å². The van der Waals surface area contributed by atoms with E-state index in [0.29, 0.717) is 11.0 Å². The van der Waals surface area contributed by atoms with Crippen LogP contribution in [-0.2, 0) is 14.3 Å². The van der Waals surface area contributed by atoms with Gasteiger partial charge in [0.2, 0.25) is 0 Å². The molecule has 0 aliphatic heterocycles. The van der Waals surface area contributed by atoms with E-state index < -0.39 is 10.1 Å². The van der Waals surface area contributed by atoms with E-state index in [-0.39, 0.29) is 34.6 Å². The smallest absolute Gasteiger partial charge is 0.262 e. The third-order valence-corrected chi connectivity index (χ3v) is 4.76. The molecule has 0 fully saturated rings. The zero-order valence-electron chi connectivity index (χ0n) is 12.2. The van der Waals surface area contributed by atoms with Crippen molar-refractivity contribution in [1.29, 1.82) is 0 Å². The Morgan fingerprint density at radius 2 is 1.61 bits per heavy atom. The number of benzene rings is 3. The van der Waals surface area contributed by atoms with Crippen LogP contribution in [0.1, 0.15) is 6.92 Å². The maximum Gasteiger partial charge on any atom is 0.316 e. The van der Waals surface area contributed by atoms with Crippen LogP contribution >= 0.6 is 0 Å². The predicted molar refractivity (Wildman–Crippen MR) is 97.9 cm³/mol. The Morgan fingerprint density at radius 1 is 1.00 bits per heavy atom. The van der Waals surface area contributed by atoms with Gasteiger partial charge < -0.3 is 0 Å². The maximum atomic E-state index is 12.4. The van der Waals surface area contributed by atoms with E-state index in [4.69, 9.17) is 4.18 Å². The number of hydrogen-bond donors (Lipinski definition) is 0. The van der Waals surface area contributed by atoms with Gasteiger partial charge in [-0.25, -0.2) is 0 Å². The highest BCUT2D eigenvalue weighted by Gasteiger charge is 2.18. The van der Waals surface area contributed by atoms with Crippen molar-refractivity contribution >= 4 is 54.7 Å². The van der Waals surface area contributed by atoms with Crippen molar-refractivity contribution in [3.05, 3.63) is 66.7 Å². The molecule has 0 atom stereocenters. The molecule has 0 saturated carbocycles. The summed E-state index contributed by atoms with van der Waals surface area (Å²) in [6.45, 7) is 5.39. The summed E-state index contributed by atoms with van der Waals surface area (Å²) in [5, 5.41) is 3.62. The molecule has 0 heterocycles. The van der Waals surface area contributed by atoms with Gasteiger partial charge in [0.05, 0.1) is 6.61 Å². The fraction of sp³-hybridized carbons (Fsp3) is 0.111. The lowest BCUT2D eigenvalue weighted by molar-refractivity contribution is 0.349. The van der Waals surface area contributed by atoms with Gasteiger partial charge in [0, 0.05) is 5.39 Å². The lowest BCUT2D eigenvalue weighted by atomic mass is 10.0. The molecule has 0 amide bonds. The van der Waals surface area contributed by atoms with E-state index >= 15 is 0 Å². The largest absolute Gasteiger partial charge is 0.316 e. The van der Waals surface area contributed by atoms with E-state index in [0.717, 1.165) is 16.2 Å². The Balaban J connectivity index is 0.00000192. The number of fused-ring (bicyclic) bond motifs is 2. The van der Waals surface area contributed by atoms with E-state index in [1.54, 1.807) is 19.1 Å². The molecular formula is C18H18MgO3S. The standard InChI is InChI=1S/C18H16O3S.Mg.2H/c1-13(2)12-21-22(19,20)18-9-5-8-16-10-14-6-3-4-7-15(14)11-17(16)18;;;/h3-11H,1,12H2,2H3;;;. The molecule has 3 aromatic carbocycles. The second kappa shape index (κ2) is 7.01. The highest BCUT2D eigenvalue weighted by Crippen LogP contribution is 2.29. The summed E-state index contributed by atoms with van der Waals surface area (Å²) >= 11 is 0. The highest BCUT2D eigenvalue weighted by molar-refractivity contribution is 7.87. The van der Waals surface area contributed by atoms with Crippen molar-refractivity contribution in [2.45, 2.75) is 11.8 Å². The van der Waals surface area contributed by atoms with Crippen molar-refractivity contribution in [2.24, 2.45) is 0 Å². The average molecular weight is 339 g/mol. The minimum atomic E-state index is -3.81. The van der Waals surface area contributed by atoms with Crippen LogP contribution < -0.4 is 0 Å². The molecular weight excluding hydrogens is 321 g/mol. The Bertz CT molecular complexity index is 978. The Kier molecular flexibility index (Phi) is 5.47. The minimum absolute atomic E-state index is 0. The summed E-state index contributed by atoms with van der Waals surface area (Å²) in [6.07, 6.45) is 0. The molecule has 0 spiro atoms. The summed E-state index contributed by atoms with van der Waals surface area (Å²) in [6, 6.07) is 17.0. The molecule has 3 aromatic rings. The normalized spacial score (nSPS) is 11.3. The van der Waals surface area contributed by atoms with Gasteiger partial charge in [-0.2, -0.15) is 8.42 Å². The first-order valence-electron chi connectivity index (χ1n) is 6.93. The van der Waals surface area contributed by atoms with Crippen LogP contribution in [0.3, 0.4) is 0 Å². The average Bonchev–Trinajstić information content (AvgIpc) is 2.50. The monoisotopic (exact) mass is 338 g/mol. The third kappa shape index (κ3) is 3.75. The highest BCUT2D eigenvalue weighted by atomic mass is 32.2. The maximum absolute atomic E-state index is 12.4. The summed E-state index contributed by atoms with van der Waals surface area (Å²) in [4.78, 5) is 0.192. The fourth-order valence-corrected chi connectivity index (χ4v) is 3.57. The second-order valence-corrected chi connectivity index (χ2v) is 6.93. The summed E-state index contributed by atoms with van der Waals surface area (Å²) < 4.78 is 29.9. The minimum Gasteiger partial charge on any atom is -0.262 e. The van der Waals surface area contributed by atoms with E-state index in [1.807, 2.05) is 42.5 Å². The number of hydrogen-bond acceptors (Lipinski definition) is 3. The van der Waals surface area contributed by atoms with Crippen LogP contribution in [0.5, 0.6) is 0 Å². The lowest BCUT2D eigenvalue weighted by Gasteiger charge is -2.10. The molecule has 0 bridgehead atoms. The third-order valence-electron chi connectivity index (χ3n) is 3.44. The molecule has 0 aromatic heterocycles. The zero-order valence-corrected chi connectivity index (χ0v) is 13.1. The predicted octanol–water partition coefficient (Wildman–Crippen LogP) is 3.36. The van der Waals surface area contributed by atoms with Crippen molar-refractivity contribution in [1.82, 2.24) is 0 Å². The van der Waals surface area contributed by atoms with Crippen molar-refractivity contribution < 1.29 is 12.6 Å². The van der Waals surface area contributed by atoms with Crippen LogP contribution in [0.2, 0.25) is 0 Å². The van der Waals surface area contributed by atoms with E-state index in [1.165, 1.54) is 0 Å². The van der Waals surface area contributed by atoms with Gasteiger partial charge in [-0.3, -0.25) is 4.18 Å². The van der Waals surface area contributed by atoms with Gasteiger partial charge in [-0.05, 0) is 41.3 Å². The summed E-state index contributed by atoms with van der Waals surface area (Å²) in [5.74, 6) is 0. The number of rotatable bonds is 4. The second-order valence-electron chi connectivity index (χ2n) is 5.35. The van der Waals surface area contributed by atoms with Gasteiger partial charge in [-0.15, -0.1) is 0 Å². The molecule has 3 nitrogen and oxygen atoms in total. The molecule has 0 N–H and O–H groups in total. The van der Waals surface area contributed by atoms with Crippen molar-refractivity contribution in [2.75, 3.05) is 6.61 Å². The first-order chi connectivity index (χ1) is 10.5. The van der Waals surface area contributed by atoms with Gasteiger partial charge in [-0.1, -0.05) is 48.6 Å². The Labute approximate surface area is 152 Å². The molecule has 0 unspecified atom stereocenters. The van der Waals surface area contributed by atoms with Gasteiger partial charge in [0.25, 0.3) is 10.1 Å². The first kappa shape index (κ1) is 17.9. The van der Waals surface area contributed by atoms with Crippen LogP contribution in [-0.4, -0.2) is 38.1 Å². The van der Waals surface area contributed by atoms with Gasteiger partial charge in [0.1, 0.15) is 4.90 Å². The Hall–Kier alpha value is -1.40. The molecule has 116 valence electrons. The van der Waals surface area contributed by atoms with E-state index in [2.05, 4.69) is 6.58 Å². The lowest BCUT2D eigenvalue weighted by Crippen LogP contribution is -2.08. The molecule has 0 radical (unpaired) electrons. The summed E-state index contributed by atoms with van der Waals surface area (Å²) in [7, 11) is -3.81. The fourth-order valence-electron chi connectivity index (χ4n) is 2.40. The first-order valence-corrected chi connectivity index (χ1v) is 8.33. The van der Waals surface area contributed by atoms with Gasteiger partial charge >= 0.3 is 23.1 Å². The van der Waals surface area contributed by atoms with Crippen LogP contribution in [0.4, 0.5) is 0 Å². The molecule has 0 saturated heterocycles. The topological polar surface area (TPSA) is 43.4 Å². The van der Waals surface area contributed by atoms with Crippen LogP contribution in [0.15, 0.2) is 71.6 Å². The molecule has 3 rings (SSSR count). The molecule has 5 heteroatoms. The van der Waals surface area contributed by atoms with Crippen LogP contribution in [0, 0.1) is 0 Å². The molecule has 0 aliphatic carbocycles. The SMILES string of the molecule is C=C(C)COS(=O)(=O)c1cccc2cc3ccccc3cc12.[MgH2]. The van der Waals surface area contributed by atoms with Gasteiger partial charge in [0.15, 0.2) is 0 Å². The quantitative estimate of drug-likeness (QED) is 0.317.